The molecule has 0 radical (unpaired) electrons. The zero-order valence-corrected chi connectivity index (χ0v) is 14.5. The molecule has 0 fully saturated rings. The summed E-state index contributed by atoms with van der Waals surface area (Å²) < 4.78 is 19.1. The molecule has 0 aromatic heterocycles. The number of nitriles is 1. The van der Waals surface area contributed by atoms with Crippen LogP contribution in [0.25, 0.3) is 6.08 Å². The van der Waals surface area contributed by atoms with Crippen molar-refractivity contribution in [1.29, 1.82) is 5.26 Å². The summed E-state index contributed by atoms with van der Waals surface area (Å²) in [7, 11) is 0. The summed E-state index contributed by atoms with van der Waals surface area (Å²) in [5.41, 5.74) is 0.721. The zero-order valence-electron chi connectivity index (χ0n) is 14.5. The van der Waals surface area contributed by atoms with Crippen molar-refractivity contribution in [2.24, 2.45) is 5.41 Å². The molecule has 0 aliphatic carbocycles. The molecule has 0 N–H and O–H groups in total. The van der Waals surface area contributed by atoms with E-state index in [1.165, 1.54) is 6.07 Å². The third-order valence-corrected chi connectivity index (χ3v) is 3.59. The Bertz CT molecular complexity index is 824. The molecule has 0 aliphatic heterocycles. The lowest BCUT2D eigenvalue weighted by Gasteiger charge is -2.15. The van der Waals surface area contributed by atoms with Crippen LogP contribution in [0.4, 0.5) is 4.39 Å². The van der Waals surface area contributed by atoms with Gasteiger partial charge < -0.3 is 4.74 Å². The molecule has 25 heavy (non-hydrogen) atoms. The molecule has 0 saturated carbocycles. The summed E-state index contributed by atoms with van der Waals surface area (Å²) in [6, 6.07) is 15.4. The first kappa shape index (κ1) is 18.4. The van der Waals surface area contributed by atoms with Crippen LogP contribution in [-0.4, -0.2) is 5.78 Å². The molecule has 0 atom stereocenters. The van der Waals surface area contributed by atoms with Gasteiger partial charge in [-0.15, -0.1) is 0 Å². The highest BCUT2D eigenvalue weighted by Crippen LogP contribution is 2.22. The predicted octanol–water partition coefficient (Wildman–Crippen LogP) is 4.93. The van der Waals surface area contributed by atoms with Gasteiger partial charge in [-0.1, -0.05) is 51.1 Å². The van der Waals surface area contributed by atoms with Gasteiger partial charge in [-0.2, -0.15) is 5.26 Å². The second-order valence-electron chi connectivity index (χ2n) is 6.70. The number of ketones is 1. The van der Waals surface area contributed by atoms with E-state index in [1.807, 2.05) is 6.07 Å². The number of carbonyl (C=O) groups is 1. The Morgan fingerprint density at radius 2 is 1.80 bits per heavy atom. The van der Waals surface area contributed by atoms with Gasteiger partial charge in [0.1, 0.15) is 24.2 Å². The van der Waals surface area contributed by atoms with Crippen molar-refractivity contribution in [3.63, 3.8) is 0 Å². The van der Waals surface area contributed by atoms with Crippen LogP contribution in [0.15, 0.2) is 54.1 Å². The lowest BCUT2D eigenvalue weighted by Crippen LogP contribution is -2.21. The molecule has 0 heterocycles. The van der Waals surface area contributed by atoms with Crippen molar-refractivity contribution in [3.8, 4) is 11.8 Å². The van der Waals surface area contributed by atoms with Crippen LogP contribution in [0.5, 0.6) is 5.75 Å². The quantitative estimate of drug-likeness (QED) is 0.574. The van der Waals surface area contributed by atoms with E-state index < -0.39 is 5.41 Å². The lowest BCUT2D eigenvalue weighted by molar-refractivity contribution is -0.121. The normalized spacial score (nSPS) is 11.7. The highest BCUT2D eigenvalue weighted by atomic mass is 19.1. The van der Waals surface area contributed by atoms with Gasteiger partial charge in [0.2, 0.25) is 0 Å². The van der Waals surface area contributed by atoms with E-state index in [9.17, 15) is 14.4 Å². The Balaban J connectivity index is 2.09. The first-order valence-electron chi connectivity index (χ1n) is 7.94. The minimum absolute atomic E-state index is 0.118. The van der Waals surface area contributed by atoms with E-state index in [0.717, 1.165) is 5.56 Å². The molecule has 0 aliphatic rings. The third-order valence-electron chi connectivity index (χ3n) is 3.59. The molecule has 128 valence electrons. The molecular weight excluding hydrogens is 317 g/mol. The number of Topliss-reactive ketones (excluding diaryl/α,β-unsaturated/α-hetero) is 1. The van der Waals surface area contributed by atoms with E-state index in [-0.39, 0.29) is 23.8 Å². The first-order chi connectivity index (χ1) is 11.8. The van der Waals surface area contributed by atoms with Crippen LogP contribution in [-0.2, 0) is 11.4 Å². The van der Waals surface area contributed by atoms with Crippen molar-refractivity contribution >= 4 is 11.9 Å². The fourth-order valence-corrected chi connectivity index (χ4v) is 2.16. The van der Waals surface area contributed by atoms with Gasteiger partial charge in [0.15, 0.2) is 5.78 Å². The average molecular weight is 337 g/mol. The minimum Gasteiger partial charge on any atom is -0.489 e. The van der Waals surface area contributed by atoms with Gasteiger partial charge in [-0.3, -0.25) is 4.79 Å². The van der Waals surface area contributed by atoms with Gasteiger partial charge in [0.25, 0.3) is 0 Å². The number of rotatable bonds is 5. The van der Waals surface area contributed by atoms with Crippen LogP contribution in [0.2, 0.25) is 0 Å². The van der Waals surface area contributed by atoms with Crippen LogP contribution < -0.4 is 4.74 Å². The van der Waals surface area contributed by atoms with Crippen molar-refractivity contribution in [2.45, 2.75) is 27.4 Å². The summed E-state index contributed by atoms with van der Waals surface area (Å²) >= 11 is 0. The van der Waals surface area contributed by atoms with Crippen molar-refractivity contribution in [2.75, 3.05) is 0 Å². The topological polar surface area (TPSA) is 50.1 Å². The standard InChI is InChI=1S/C21H20FNO2/c1-21(2,3)20(24)17(13-23)12-15-8-10-18(11-9-15)25-14-16-6-4-5-7-19(16)22/h4-12H,14H2,1-3H3/b17-12+. The van der Waals surface area contributed by atoms with E-state index in [1.54, 1.807) is 69.3 Å². The van der Waals surface area contributed by atoms with E-state index >= 15 is 0 Å². The number of carbonyl (C=O) groups excluding carboxylic acids is 1. The molecule has 0 spiro atoms. The van der Waals surface area contributed by atoms with Crippen LogP contribution in [0.1, 0.15) is 31.9 Å². The summed E-state index contributed by atoms with van der Waals surface area (Å²) in [6.45, 7) is 5.47. The van der Waals surface area contributed by atoms with Crippen LogP contribution in [0.3, 0.4) is 0 Å². The maximum Gasteiger partial charge on any atom is 0.178 e. The molecule has 0 bridgehead atoms. The number of hydrogen-bond acceptors (Lipinski definition) is 3. The van der Waals surface area contributed by atoms with E-state index in [0.29, 0.717) is 11.3 Å². The van der Waals surface area contributed by atoms with E-state index in [4.69, 9.17) is 4.74 Å². The fourth-order valence-electron chi connectivity index (χ4n) is 2.16. The molecular formula is C21H20FNO2. The van der Waals surface area contributed by atoms with E-state index in [2.05, 4.69) is 0 Å². The summed E-state index contributed by atoms with van der Waals surface area (Å²) in [4.78, 5) is 12.2. The molecule has 0 amide bonds. The Morgan fingerprint density at radius 1 is 1.16 bits per heavy atom. The van der Waals surface area contributed by atoms with Crippen molar-refractivity contribution in [3.05, 3.63) is 71.0 Å². The number of benzene rings is 2. The highest BCUT2D eigenvalue weighted by Gasteiger charge is 2.24. The third kappa shape index (κ3) is 5.02. The maximum atomic E-state index is 13.6. The van der Waals surface area contributed by atoms with Crippen molar-refractivity contribution in [1.82, 2.24) is 0 Å². The minimum atomic E-state index is -0.607. The molecule has 2 rings (SSSR count). The monoisotopic (exact) mass is 337 g/mol. The first-order valence-corrected chi connectivity index (χ1v) is 7.94. The molecule has 0 unspecified atom stereocenters. The number of nitrogens with zero attached hydrogens (tertiary/aromatic N) is 1. The molecule has 2 aromatic rings. The number of halogens is 1. The Kier molecular flexibility index (Phi) is 5.71. The predicted molar refractivity (Wildman–Crippen MR) is 95.2 cm³/mol. The summed E-state index contributed by atoms with van der Waals surface area (Å²) in [6.07, 6.45) is 1.56. The van der Waals surface area contributed by atoms with Crippen molar-refractivity contribution < 1.29 is 13.9 Å². The Morgan fingerprint density at radius 3 is 2.36 bits per heavy atom. The molecule has 2 aromatic carbocycles. The van der Waals surface area contributed by atoms with Gasteiger partial charge in [0.05, 0.1) is 5.57 Å². The summed E-state index contributed by atoms with van der Waals surface area (Å²) in [5.74, 6) is 0.0809. The number of allylic oxidation sites excluding steroid dienone is 1. The number of hydrogen-bond donors (Lipinski definition) is 0. The SMILES string of the molecule is CC(C)(C)C(=O)/C(C#N)=C/c1ccc(OCc2ccccc2F)cc1. The average Bonchev–Trinajstić information content (AvgIpc) is 2.58. The molecule has 0 saturated heterocycles. The largest absolute Gasteiger partial charge is 0.489 e. The molecule has 4 heteroatoms. The maximum absolute atomic E-state index is 13.6. The second-order valence-corrected chi connectivity index (χ2v) is 6.70. The van der Waals surface area contributed by atoms with Gasteiger partial charge in [0, 0.05) is 11.0 Å². The molecule has 3 nitrogen and oxygen atoms in total. The van der Waals surface area contributed by atoms with Crippen LogP contribution >= 0.6 is 0 Å². The lowest BCUT2D eigenvalue weighted by atomic mass is 9.86. The zero-order chi connectivity index (χ0) is 18.4. The van der Waals surface area contributed by atoms with Crippen LogP contribution in [0, 0.1) is 22.6 Å². The second kappa shape index (κ2) is 7.76. The fraction of sp³-hybridized carbons (Fsp3) is 0.238. The van der Waals surface area contributed by atoms with Gasteiger partial charge >= 0.3 is 0 Å². The Labute approximate surface area is 147 Å². The Hall–Kier alpha value is -2.93. The van der Waals surface area contributed by atoms with Gasteiger partial charge in [-0.25, -0.2) is 4.39 Å². The number of ether oxygens (including phenoxy) is 1. The smallest absolute Gasteiger partial charge is 0.178 e. The highest BCUT2D eigenvalue weighted by molar-refractivity contribution is 6.06. The van der Waals surface area contributed by atoms with Gasteiger partial charge in [-0.05, 0) is 29.8 Å². The summed E-state index contributed by atoms with van der Waals surface area (Å²) in [5, 5.41) is 9.21.